The molecule has 0 bridgehead atoms. The highest BCUT2D eigenvalue weighted by atomic mass is 16.4. The van der Waals surface area contributed by atoms with Crippen LogP contribution in [0.2, 0.25) is 0 Å². The SMILES string of the molecule is CC(=O)Nc1c(C(O)c2ccccc2)oc2nc(C)cc(C)c12. The van der Waals surface area contributed by atoms with E-state index in [1.807, 2.05) is 38.1 Å². The molecule has 1 atom stereocenters. The largest absolute Gasteiger partial charge is 0.437 e. The van der Waals surface area contributed by atoms with Gasteiger partial charge in [0.25, 0.3) is 0 Å². The van der Waals surface area contributed by atoms with Gasteiger partial charge in [-0.3, -0.25) is 4.79 Å². The predicted molar refractivity (Wildman–Crippen MR) is 88.3 cm³/mol. The van der Waals surface area contributed by atoms with E-state index in [0.29, 0.717) is 22.7 Å². The van der Waals surface area contributed by atoms with Crippen molar-refractivity contribution in [2.75, 3.05) is 5.32 Å². The van der Waals surface area contributed by atoms with E-state index in [1.54, 1.807) is 12.1 Å². The van der Waals surface area contributed by atoms with Gasteiger partial charge in [-0.15, -0.1) is 0 Å². The molecule has 3 rings (SSSR count). The van der Waals surface area contributed by atoms with Crippen molar-refractivity contribution < 1.29 is 14.3 Å². The summed E-state index contributed by atoms with van der Waals surface area (Å²) in [5.74, 6) is 0.0665. The molecule has 0 aliphatic carbocycles. The van der Waals surface area contributed by atoms with Crippen LogP contribution in [0.1, 0.15) is 35.6 Å². The zero-order valence-electron chi connectivity index (χ0n) is 13.3. The molecule has 1 amide bonds. The Kier molecular flexibility index (Phi) is 3.88. The Hall–Kier alpha value is -2.66. The number of aliphatic hydroxyl groups excluding tert-OH is 1. The van der Waals surface area contributed by atoms with Crippen LogP contribution < -0.4 is 5.32 Å². The van der Waals surface area contributed by atoms with Crippen molar-refractivity contribution in [3.05, 3.63) is 59.0 Å². The fourth-order valence-corrected chi connectivity index (χ4v) is 2.74. The Morgan fingerprint density at radius 1 is 1.26 bits per heavy atom. The van der Waals surface area contributed by atoms with Crippen LogP contribution in [0, 0.1) is 13.8 Å². The maximum atomic E-state index is 11.6. The van der Waals surface area contributed by atoms with Gasteiger partial charge in [0.2, 0.25) is 11.6 Å². The first-order chi connectivity index (χ1) is 11.0. The predicted octanol–water partition coefficient (Wildman–Crippen LogP) is 3.48. The number of pyridine rings is 1. The molecule has 0 fully saturated rings. The van der Waals surface area contributed by atoms with E-state index in [9.17, 15) is 9.90 Å². The average molecular weight is 310 g/mol. The van der Waals surface area contributed by atoms with E-state index in [4.69, 9.17) is 4.42 Å². The Morgan fingerprint density at radius 3 is 2.61 bits per heavy atom. The first kappa shape index (κ1) is 15.2. The van der Waals surface area contributed by atoms with Crippen LogP contribution in [0.15, 0.2) is 40.8 Å². The van der Waals surface area contributed by atoms with Crippen LogP contribution >= 0.6 is 0 Å². The third kappa shape index (κ3) is 2.83. The van der Waals surface area contributed by atoms with Crippen LogP contribution in [-0.2, 0) is 4.79 Å². The van der Waals surface area contributed by atoms with Crippen LogP contribution in [0.4, 0.5) is 5.69 Å². The van der Waals surface area contributed by atoms with Crippen molar-refractivity contribution >= 4 is 22.7 Å². The molecule has 2 N–H and O–H groups in total. The lowest BCUT2D eigenvalue weighted by Gasteiger charge is -2.11. The molecular weight excluding hydrogens is 292 g/mol. The minimum absolute atomic E-state index is 0.228. The number of anilines is 1. The molecule has 1 aromatic carbocycles. The number of carbonyl (C=O) groups is 1. The molecule has 0 spiro atoms. The summed E-state index contributed by atoms with van der Waals surface area (Å²) in [4.78, 5) is 16.0. The number of nitrogens with zero attached hydrogens (tertiary/aromatic N) is 1. The molecule has 118 valence electrons. The monoisotopic (exact) mass is 310 g/mol. The zero-order valence-corrected chi connectivity index (χ0v) is 13.3. The number of aromatic nitrogens is 1. The Labute approximate surface area is 134 Å². The standard InChI is InChI=1S/C18H18N2O3/c1-10-9-11(2)19-18-14(10)15(20-12(3)21)17(23-18)16(22)13-7-5-4-6-8-13/h4-9,16,22H,1-3H3,(H,20,21). The number of hydrogen-bond donors (Lipinski definition) is 2. The van der Waals surface area contributed by atoms with E-state index >= 15 is 0 Å². The molecule has 3 aromatic rings. The number of benzene rings is 1. The fraction of sp³-hybridized carbons (Fsp3) is 0.222. The lowest BCUT2D eigenvalue weighted by Crippen LogP contribution is -2.09. The highest BCUT2D eigenvalue weighted by Crippen LogP contribution is 2.38. The summed E-state index contributed by atoms with van der Waals surface area (Å²) >= 11 is 0. The maximum Gasteiger partial charge on any atom is 0.229 e. The number of aryl methyl sites for hydroxylation is 2. The summed E-state index contributed by atoms with van der Waals surface area (Å²) in [5, 5.41) is 14.2. The molecule has 23 heavy (non-hydrogen) atoms. The van der Waals surface area contributed by atoms with Crippen LogP contribution in [0.5, 0.6) is 0 Å². The van der Waals surface area contributed by atoms with Gasteiger partial charge in [-0.2, -0.15) is 0 Å². The second kappa shape index (κ2) is 5.85. The summed E-state index contributed by atoms with van der Waals surface area (Å²) in [5.41, 5.74) is 3.34. The molecule has 2 aromatic heterocycles. The minimum atomic E-state index is -0.980. The Balaban J connectivity index is 2.23. The van der Waals surface area contributed by atoms with E-state index < -0.39 is 6.10 Å². The van der Waals surface area contributed by atoms with Crippen LogP contribution in [0.3, 0.4) is 0 Å². The lowest BCUT2D eigenvalue weighted by atomic mass is 10.0. The molecule has 0 saturated carbocycles. The van der Waals surface area contributed by atoms with Crippen molar-refractivity contribution in [3.63, 3.8) is 0 Å². The van der Waals surface area contributed by atoms with E-state index in [1.165, 1.54) is 6.92 Å². The number of fused-ring (bicyclic) bond motifs is 1. The van der Waals surface area contributed by atoms with E-state index in [0.717, 1.165) is 16.6 Å². The van der Waals surface area contributed by atoms with Gasteiger partial charge in [-0.25, -0.2) is 4.98 Å². The Bertz CT molecular complexity index is 869. The van der Waals surface area contributed by atoms with Gasteiger partial charge in [-0.1, -0.05) is 30.3 Å². The van der Waals surface area contributed by atoms with E-state index in [-0.39, 0.29) is 5.91 Å². The number of aliphatic hydroxyl groups is 1. The quantitative estimate of drug-likeness (QED) is 0.776. The summed E-state index contributed by atoms with van der Waals surface area (Å²) in [6.45, 7) is 5.23. The molecular formula is C18H18N2O3. The number of hydrogen-bond acceptors (Lipinski definition) is 4. The third-order valence-electron chi connectivity index (χ3n) is 3.68. The summed E-state index contributed by atoms with van der Waals surface area (Å²) in [6.07, 6.45) is -0.980. The molecule has 2 heterocycles. The molecule has 0 saturated heterocycles. The smallest absolute Gasteiger partial charge is 0.229 e. The van der Waals surface area contributed by atoms with Crippen molar-refractivity contribution in [2.45, 2.75) is 26.9 Å². The summed E-state index contributed by atoms with van der Waals surface area (Å²) in [7, 11) is 0. The number of furan rings is 1. The minimum Gasteiger partial charge on any atom is -0.437 e. The molecule has 0 aliphatic heterocycles. The number of nitrogens with one attached hydrogen (secondary N) is 1. The highest BCUT2D eigenvalue weighted by Gasteiger charge is 2.25. The number of carbonyl (C=O) groups excluding carboxylic acids is 1. The molecule has 5 heteroatoms. The number of rotatable bonds is 3. The van der Waals surface area contributed by atoms with Gasteiger partial charge in [0.1, 0.15) is 6.10 Å². The van der Waals surface area contributed by atoms with Crippen molar-refractivity contribution in [2.24, 2.45) is 0 Å². The molecule has 5 nitrogen and oxygen atoms in total. The number of amides is 1. The second-order valence-electron chi connectivity index (χ2n) is 5.60. The normalized spacial score (nSPS) is 12.3. The topological polar surface area (TPSA) is 75.4 Å². The first-order valence-corrected chi connectivity index (χ1v) is 7.38. The van der Waals surface area contributed by atoms with Crippen molar-refractivity contribution in [1.29, 1.82) is 0 Å². The highest BCUT2D eigenvalue weighted by molar-refractivity contribution is 6.02. The zero-order chi connectivity index (χ0) is 16.6. The molecule has 0 aliphatic rings. The van der Waals surface area contributed by atoms with Gasteiger partial charge < -0.3 is 14.8 Å². The third-order valence-corrected chi connectivity index (χ3v) is 3.68. The van der Waals surface area contributed by atoms with Gasteiger partial charge in [0.05, 0.1) is 11.1 Å². The molecule has 0 radical (unpaired) electrons. The average Bonchev–Trinajstić information content (AvgIpc) is 2.85. The van der Waals surface area contributed by atoms with Crippen LogP contribution in [0.25, 0.3) is 11.1 Å². The Morgan fingerprint density at radius 2 is 1.96 bits per heavy atom. The molecule has 1 unspecified atom stereocenters. The van der Waals surface area contributed by atoms with Crippen LogP contribution in [-0.4, -0.2) is 16.0 Å². The van der Waals surface area contributed by atoms with Crippen molar-refractivity contribution in [3.8, 4) is 0 Å². The summed E-state index contributed by atoms with van der Waals surface area (Å²) in [6, 6.07) is 11.1. The van der Waals surface area contributed by atoms with Crippen molar-refractivity contribution in [1.82, 2.24) is 4.98 Å². The van der Waals surface area contributed by atoms with Gasteiger partial charge in [-0.05, 0) is 31.0 Å². The first-order valence-electron chi connectivity index (χ1n) is 7.38. The van der Waals surface area contributed by atoms with E-state index in [2.05, 4.69) is 10.3 Å². The fourth-order valence-electron chi connectivity index (χ4n) is 2.74. The van der Waals surface area contributed by atoms with Gasteiger partial charge in [0.15, 0.2) is 5.76 Å². The second-order valence-corrected chi connectivity index (χ2v) is 5.60. The van der Waals surface area contributed by atoms with Gasteiger partial charge >= 0.3 is 0 Å². The van der Waals surface area contributed by atoms with Gasteiger partial charge in [0, 0.05) is 12.6 Å². The maximum absolute atomic E-state index is 11.6. The summed E-state index contributed by atoms with van der Waals surface area (Å²) < 4.78 is 5.80. The lowest BCUT2D eigenvalue weighted by molar-refractivity contribution is -0.114.